The molecule has 2 heterocycles. The van der Waals surface area contributed by atoms with Gasteiger partial charge >= 0.3 is 0 Å². The Morgan fingerprint density at radius 1 is 1.21 bits per heavy atom. The van der Waals surface area contributed by atoms with Gasteiger partial charge in [-0.1, -0.05) is 0 Å². The number of anilines is 1. The van der Waals surface area contributed by atoms with Gasteiger partial charge in [-0.3, -0.25) is 0 Å². The number of rotatable bonds is 1. The van der Waals surface area contributed by atoms with E-state index in [-0.39, 0.29) is 24.8 Å². The quantitative estimate of drug-likeness (QED) is 0.781. The summed E-state index contributed by atoms with van der Waals surface area (Å²) in [5.74, 6) is 0.985. The van der Waals surface area contributed by atoms with Crippen LogP contribution in [0.2, 0.25) is 0 Å². The van der Waals surface area contributed by atoms with Crippen molar-refractivity contribution in [1.82, 2.24) is 15.5 Å². The molecule has 0 aliphatic carbocycles. The van der Waals surface area contributed by atoms with Gasteiger partial charge in [0, 0.05) is 32.4 Å². The third-order valence-electron chi connectivity index (χ3n) is 2.00. The zero-order valence-electron chi connectivity index (χ0n) is 7.72. The van der Waals surface area contributed by atoms with Crippen LogP contribution in [0.3, 0.4) is 0 Å². The minimum Gasteiger partial charge on any atom is -0.353 e. The smallest absolute Gasteiger partial charge is 0.151 e. The van der Waals surface area contributed by atoms with Crippen LogP contribution in [0.15, 0.2) is 18.3 Å². The second-order valence-corrected chi connectivity index (χ2v) is 2.82. The van der Waals surface area contributed by atoms with Crippen LogP contribution in [0.5, 0.6) is 0 Å². The van der Waals surface area contributed by atoms with Crippen LogP contribution in [-0.4, -0.2) is 36.4 Å². The Hall–Kier alpha value is -0.580. The second-order valence-electron chi connectivity index (χ2n) is 2.82. The van der Waals surface area contributed by atoms with E-state index in [4.69, 9.17) is 0 Å². The molecule has 1 N–H and O–H groups in total. The normalized spacial score (nSPS) is 15.3. The highest BCUT2D eigenvalue weighted by Crippen LogP contribution is 2.07. The first kappa shape index (κ1) is 13.4. The Morgan fingerprint density at radius 3 is 2.50 bits per heavy atom. The fourth-order valence-electron chi connectivity index (χ4n) is 1.36. The summed E-state index contributed by atoms with van der Waals surface area (Å²) in [6.45, 7) is 4.13. The monoisotopic (exact) mass is 236 g/mol. The van der Waals surface area contributed by atoms with E-state index >= 15 is 0 Å². The summed E-state index contributed by atoms with van der Waals surface area (Å²) in [5.41, 5.74) is 0. The van der Waals surface area contributed by atoms with Crippen LogP contribution in [0.1, 0.15) is 0 Å². The van der Waals surface area contributed by atoms with Crippen molar-refractivity contribution in [1.29, 1.82) is 0 Å². The first-order valence-electron chi connectivity index (χ1n) is 4.20. The fraction of sp³-hybridized carbons (Fsp3) is 0.500. The van der Waals surface area contributed by atoms with E-state index in [0.29, 0.717) is 0 Å². The van der Waals surface area contributed by atoms with E-state index in [9.17, 15) is 0 Å². The lowest BCUT2D eigenvalue weighted by atomic mass is 10.3. The summed E-state index contributed by atoms with van der Waals surface area (Å²) < 4.78 is 0. The molecule has 0 spiro atoms. The number of hydrogen-bond acceptors (Lipinski definition) is 4. The first-order valence-corrected chi connectivity index (χ1v) is 4.20. The van der Waals surface area contributed by atoms with E-state index in [1.165, 1.54) is 0 Å². The molecule has 1 aromatic rings. The predicted molar refractivity (Wildman–Crippen MR) is 61.6 cm³/mol. The lowest BCUT2D eigenvalue weighted by Gasteiger charge is -2.27. The first-order chi connectivity index (χ1) is 5.97. The largest absolute Gasteiger partial charge is 0.353 e. The number of aromatic nitrogens is 2. The number of halogens is 2. The molecule has 6 heteroatoms. The Balaban J connectivity index is 0.000000845. The van der Waals surface area contributed by atoms with E-state index in [0.717, 1.165) is 32.0 Å². The summed E-state index contributed by atoms with van der Waals surface area (Å²) >= 11 is 0. The summed E-state index contributed by atoms with van der Waals surface area (Å²) in [6.07, 6.45) is 1.70. The molecule has 4 nitrogen and oxygen atoms in total. The third kappa shape index (κ3) is 3.29. The zero-order chi connectivity index (χ0) is 8.23. The molecule has 80 valence electrons. The van der Waals surface area contributed by atoms with Crippen molar-refractivity contribution >= 4 is 30.6 Å². The Labute approximate surface area is 95.9 Å². The lowest BCUT2D eigenvalue weighted by Crippen LogP contribution is -2.43. The van der Waals surface area contributed by atoms with E-state index in [1.54, 1.807) is 6.20 Å². The summed E-state index contributed by atoms with van der Waals surface area (Å²) in [5, 5.41) is 11.2. The van der Waals surface area contributed by atoms with Gasteiger partial charge in [0.25, 0.3) is 0 Å². The molecule has 0 atom stereocenters. The number of hydrogen-bond donors (Lipinski definition) is 1. The van der Waals surface area contributed by atoms with Gasteiger partial charge in [-0.15, -0.1) is 29.9 Å². The van der Waals surface area contributed by atoms with Crippen LogP contribution in [0, 0.1) is 0 Å². The summed E-state index contributed by atoms with van der Waals surface area (Å²) in [6, 6.07) is 3.92. The average Bonchev–Trinajstić information content (AvgIpc) is 2.21. The molecule has 0 radical (unpaired) electrons. The SMILES string of the molecule is Cl.Cl.c1cnnc(N2CCNCC2)c1. The molecule has 0 amide bonds. The predicted octanol–water partition coefficient (Wildman–Crippen LogP) is 0.730. The molecule has 1 aromatic heterocycles. The number of nitrogens with zero attached hydrogens (tertiary/aromatic N) is 3. The molecule has 0 bridgehead atoms. The average molecular weight is 237 g/mol. The van der Waals surface area contributed by atoms with Crippen LogP contribution < -0.4 is 10.2 Å². The summed E-state index contributed by atoms with van der Waals surface area (Å²) in [7, 11) is 0. The zero-order valence-corrected chi connectivity index (χ0v) is 9.35. The number of piperazine rings is 1. The molecule has 14 heavy (non-hydrogen) atoms. The van der Waals surface area contributed by atoms with Crippen LogP contribution in [-0.2, 0) is 0 Å². The van der Waals surface area contributed by atoms with Gasteiger partial charge < -0.3 is 10.2 Å². The molecule has 1 saturated heterocycles. The van der Waals surface area contributed by atoms with Crippen LogP contribution >= 0.6 is 24.8 Å². The maximum atomic E-state index is 4.05. The Kier molecular flexibility index (Phi) is 6.53. The van der Waals surface area contributed by atoms with Crippen molar-refractivity contribution in [2.24, 2.45) is 0 Å². The molecular weight excluding hydrogens is 223 g/mol. The van der Waals surface area contributed by atoms with Gasteiger partial charge in [0.2, 0.25) is 0 Å². The van der Waals surface area contributed by atoms with Crippen molar-refractivity contribution < 1.29 is 0 Å². The fourth-order valence-corrected chi connectivity index (χ4v) is 1.36. The van der Waals surface area contributed by atoms with E-state index in [1.807, 2.05) is 12.1 Å². The van der Waals surface area contributed by atoms with Gasteiger partial charge in [0.05, 0.1) is 0 Å². The summed E-state index contributed by atoms with van der Waals surface area (Å²) in [4.78, 5) is 2.24. The van der Waals surface area contributed by atoms with Gasteiger partial charge in [-0.25, -0.2) is 0 Å². The minimum atomic E-state index is 0. The Bertz CT molecular complexity index is 238. The van der Waals surface area contributed by atoms with Crippen LogP contribution in [0.4, 0.5) is 5.82 Å². The molecule has 1 fully saturated rings. The molecular formula is C8H14Cl2N4. The van der Waals surface area contributed by atoms with Crippen LogP contribution in [0.25, 0.3) is 0 Å². The number of nitrogens with one attached hydrogen (secondary N) is 1. The van der Waals surface area contributed by atoms with Gasteiger partial charge in [-0.05, 0) is 12.1 Å². The maximum absolute atomic E-state index is 4.05. The van der Waals surface area contributed by atoms with Gasteiger partial charge in [0.15, 0.2) is 5.82 Å². The van der Waals surface area contributed by atoms with Crippen molar-refractivity contribution in [2.45, 2.75) is 0 Å². The standard InChI is InChI=1S/C8H12N4.2ClH/c1-2-8(11-10-3-1)12-6-4-9-5-7-12;;/h1-3,9H,4-7H2;2*1H. The minimum absolute atomic E-state index is 0. The van der Waals surface area contributed by atoms with E-state index < -0.39 is 0 Å². The van der Waals surface area contributed by atoms with Crippen molar-refractivity contribution in [3.05, 3.63) is 18.3 Å². The van der Waals surface area contributed by atoms with E-state index in [2.05, 4.69) is 20.4 Å². The highest BCUT2D eigenvalue weighted by molar-refractivity contribution is 5.85. The van der Waals surface area contributed by atoms with Crippen molar-refractivity contribution in [3.63, 3.8) is 0 Å². The highest BCUT2D eigenvalue weighted by Gasteiger charge is 2.10. The van der Waals surface area contributed by atoms with Gasteiger partial charge in [-0.2, -0.15) is 5.10 Å². The topological polar surface area (TPSA) is 41.1 Å². The molecule has 2 rings (SSSR count). The third-order valence-corrected chi connectivity index (χ3v) is 2.00. The molecule has 0 saturated carbocycles. The second kappa shape index (κ2) is 6.81. The molecule has 0 unspecified atom stereocenters. The van der Waals surface area contributed by atoms with Crippen molar-refractivity contribution in [2.75, 3.05) is 31.1 Å². The highest BCUT2D eigenvalue weighted by atomic mass is 35.5. The van der Waals surface area contributed by atoms with Crippen molar-refractivity contribution in [3.8, 4) is 0 Å². The Morgan fingerprint density at radius 2 is 1.93 bits per heavy atom. The lowest BCUT2D eigenvalue weighted by molar-refractivity contribution is 0.582. The molecule has 1 aliphatic rings. The molecule has 1 aliphatic heterocycles. The van der Waals surface area contributed by atoms with Gasteiger partial charge in [0.1, 0.15) is 0 Å². The maximum Gasteiger partial charge on any atom is 0.151 e. The molecule has 0 aromatic carbocycles.